The molecule has 2 saturated heterocycles. The Hall–Kier alpha value is -0.240. The molecule has 0 bridgehead atoms. The molecule has 2 aliphatic heterocycles. The molecule has 0 amide bonds. The topological polar surface area (TPSA) is 88.4 Å². The molecule has 2 rings (SSSR count). The number of ether oxygens (including phenoxy) is 3. The first-order valence-electron chi connectivity index (χ1n) is 3.58. The molecule has 0 spiro atoms. The van der Waals surface area contributed by atoms with Crippen LogP contribution in [0.15, 0.2) is 0 Å². The zero-order valence-corrected chi connectivity index (χ0v) is 6.43. The van der Waals surface area contributed by atoms with Gasteiger partial charge in [-0.25, -0.2) is 0 Å². The smallest absolute Gasteiger partial charge is 0.388 e. The van der Waals surface area contributed by atoms with Gasteiger partial charge in [0, 0.05) is 0 Å². The van der Waals surface area contributed by atoms with Crippen LogP contribution in [0.4, 0.5) is 0 Å². The lowest BCUT2D eigenvalue weighted by Gasteiger charge is -2.19. The Morgan fingerprint density at radius 1 is 1.42 bits per heavy atom. The van der Waals surface area contributed by atoms with Gasteiger partial charge in [-0.3, -0.25) is 9.47 Å². The van der Waals surface area contributed by atoms with Crippen molar-refractivity contribution in [3.8, 4) is 0 Å². The molecule has 70 valence electrons. The number of fused-ring (bicyclic) bond motifs is 1. The first-order valence-corrected chi connectivity index (χ1v) is 3.58. The monoisotopic (exact) mass is 178 g/mol. The molecule has 0 saturated carbocycles. The summed E-state index contributed by atoms with van der Waals surface area (Å²) in [5, 5.41) is 27.1. The number of hydrogen-bond donors (Lipinski definition) is 3. The summed E-state index contributed by atoms with van der Waals surface area (Å²) in [6.07, 6.45) is -4.40. The van der Waals surface area contributed by atoms with Gasteiger partial charge >= 0.3 is 6.16 Å². The molecule has 0 aliphatic carbocycles. The van der Waals surface area contributed by atoms with Crippen molar-refractivity contribution in [3.05, 3.63) is 0 Å². The van der Waals surface area contributed by atoms with Crippen LogP contribution in [0, 0.1) is 0 Å². The van der Waals surface area contributed by atoms with Gasteiger partial charge in [-0.1, -0.05) is 0 Å². The van der Waals surface area contributed by atoms with Gasteiger partial charge in [0.25, 0.3) is 0 Å². The number of aliphatic hydroxyl groups excluding tert-OH is 1. The van der Waals surface area contributed by atoms with Crippen molar-refractivity contribution >= 4 is 0 Å². The van der Waals surface area contributed by atoms with Crippen molar-refractivity contribution < 1.29 is 29.5 Å². The van der Waals surface area contributed by atoms with E-state index in [0.29, 0.717) is 0 Å². The van der Waals surface area contributed by atoms with Crippen molar-refractivity contribution in [3.63, 3.8) is 0 Å². The van der Waals surface area contributed by atoms with Crippen molar-refractivity contribution in [2.75, 3.05) is 6.61 Å². The molecule has 6 heteroatoms. The zero-order chi connectivity index (χ0) is 8.98. The van der Waals surface area contributed by atoms with Crippen LogP contribution in [0.5, 0.6) is 0 Å². The second kappa shape index (κ2) is 2.16. The number of aliphatic hydroxyl groups is 3. The van der Waals surface area contributed by atoms with Crippen molar-refractivity contribution in [2.24, 2.45) is 0 Å². The summed E-state index contributed by atoms with van der Waals surface area (Å²) < 4.78 is 14.2. The first-order chi connectivity index (χ1) is 5.43. The van der Waals surface area contributed by atoms with Gasteiger partial charge in [-0.15, -0.1) is 0 Å². The Morgan fingerprint density at radius 2 is 2.08 bits per heavy atom. The van der Waals surface area contributed by atoms with Crippen LogP contribution in [-0.2, 0) is 14.2 Å². The van der Waals surface area contributed by atoms with Crippen LogP contribution in [0.3, 0.4) is 0 Å². The standard InChI is InChI=1S/C6H10O6/c1-5-4(3(7)2-10-5)11-6(8,9)12-5/h3-4,7-9H,2H2,1H3/t3-,4+,5+/m0/s1. The van der Waals surface area contributed by atoms with E-state index in [2.05, 4.69) is 9.47 Å². The predicted molar refractivity (Wildman–Crippen MR) is 33.5 cm³/mol. The van der Waals surface area contributed by atoms with Crippen LogP contribution < -0.4 is 0 Å². The summed E-state index contributed by atoms with van der Waals surface area (Å²) >= 11 is 0. The molecule has 0 aromatic heterocycles. The largest absolute Gasteiger partial charge is 0.410 e. The second-order valence-corrected chi connectivity index (χ2v) is 3.08. The number of rotatable bonds is 0. The Morgan fingerprint density at radius 3 is 2.67 bits per heavy atom. The minimum Gasteiger partial charge on any atom is -0.388 e. The molecule has 0 aromatic rings. The lowest BCUT2D eigenvalue weighted by Crippen LogP contribution is -2.37. The fraction of sp³-hybridized carbons (Fsp3) is 1.00. The molecule has 2 fully saturated rings. The molecule has 6 nitrogen and oxygen atoms in total. The van der Waals surface area contributed by atoms with Gasteiger partial charge in [-0.2, -0.15) is 0 Å². The van der Waals surface area contributed by atoms with E-state index >= 15 is 0 Å². The Labute approximate surface area is 68.3 Å². The van der Waals surface area contributed by atoms with Crippen LogP contribution >= 0.6 is 0 Å². The molecule has 2 heterocycles. The number of hydrogen-bond acceptors (Lipinski definition) is 6. The highest BCUT2D eigenvalue weighted by molar-refractivity contribution is 4.92. The van der Waals surface area contributed by atoms with Crippen LogP contribution in [0.25, 0.3) is 0 Å². The van der Waals surface area contributed by atoms with E-state index in [1.54, 1.807) is 0 Å². The summed E-state index contributed by atoms with van der Waals surface area (Å²) in [7, 11) is 0. The van der Waals surface area contributed by atoms with Gasteiger partial charge in [0.1, 0.15) is 12.2 Å². The molecular weight excluding hydrogens is 168 g/mol. The molecule has 12 heavy (non-hydrogen) atoms. The second-order valence-electron chi connectivity index (χ2n) is 3.08. The Balaban J connectivity index is 2.22. The third-order valence-electron chi connectivity index (χ3n) is 2.02. The fourth-order valence-corrected chi connectivity index (χ4v) is 1.50. The van der Waals surface area contributed by atoms with Gasteiger partial charge in [0.15, 0.2) is 0 Å². The summed E-state index contributed by atoms with van der Waals surface area (Å²) in [6, 6.07) is 0. The molecule has 3 atom stereocenters. The zero-order valence-electron chi connectivity index (χ0n) is 6.43. The van der Waals surface area contributed by atoms with E-state index in [4.69, 9.17) is 14.9 Å². The quantitative estimate of drug-likeness (QED) is 0.376. The maximum atomic E-state index is 9.24. The maximum absolute atomic E-state index is 9.24. The first kappa shape index (κ1) is 8.36. The Kier molecular flexibility index (Phi) is 1.51. The van der Waals surface area contributed by atoms with Gasteiger partial charge in [0.2, 0.25) is 5.79 Å². The highest BCUT2D eigenvalue weighted by Crippen LogP contribution is 2.40. The summed E-state index contributed by atoms with van der Waals surface area (Å²) in [4.78, 5) is 0. The molecule has 0 aromatic carbocycles. The lowest BCUT2D eigenvalue weighted by molar-refractivity contribution is -0.459. The average molecular weight is 178 g/mol. The average Bonchev–Trinajstić information content (AvgIpc) is 2.28. The summed E-state index contributed by atoms with van der Waals surface area (Å²) in [5.41, 5.74) is 0. The van der Waals surface area contributed by atoms with E-state index in [1.807, 2.05) is 0 Å². The normalized spacial score (nSPS) is 51.0. The van der Waals surface area contributed by atoms with E-state index in [0.717, 1.165) is 0 Å². The molecule has 2 aliphatic rings. The van der Waals surface area contributed by atoms with Gasteiger partial charge < -0.3 is 20.1 Å². The van der Waals surface area contributed by atoms with Crippen LogP contribution in [0.2, 0.25) is 0 Å². The third kappa shape index (κ3) is 1.05. The highest BCUT2D eigenvalue weighted by atomic mass is 17.0. The van der Waals surface area contributed by atoms with E-state index in [1.165, 1.54) is 6.92 Å². The van der Waals surface area contributed by atoms with Crippen molar-refractivity contribution in [1.82, 2.24) is 0 Å². The molecule has 0 unspecified atom stereocenters. The third-order valence-corrected chi connectivity index (χ3v) is 2.02. The molecule has 0 radical (unpaired) electrons. The summed E-state index contributed by atoms with van der Waals surface area (Å²) in [5.74, 6) is -1.26. The molecular formula is C6H10O6. The van der Waals surface area contributed by atoms with Crippen LogP contribution in [-0.4, -0.2) is 46.1 Å². The SMILES string of the molecule is C[C@]12OC[C@H](O)[C@H]1OC(O)(O)O2. The van der Waals surface area contributed by atoms with Gasteiger partial charge in [-0.05, 0) is 6.92 Å². The van der Waals surface area contributed by atoms with E-state index < -0.39 is 24.2 Å². The minimum atomic E-state index is -2.65. The lowest BCUT2D eigenvalue weighted by atomic mass is 10.1. The van der Waals surface area contributed by atoms with E-state index in [-0.39, 0.29) is 6.61 Å². The fourth-order valence-electron chi connectivity index (χ4n) is 1.50. The highest BCUT2D eigenvalue weighted by Gasteiger charge is 2.61. The maximum Gasteiger partial charge on any atom is 0.410 e. The Bertz CT molecular complexity index is 204. The van der Waals surface area contributed by atoms with Gasteiger partial charge in [0.05, 0.1) is 6.61 Å². The van der Waals surface area contributed by atoms with Crippen LogP contribution in [0.1, 0.15) is 6.92 Å². The van der Waals surface area contributed by atoms with E-state index in [9.17, 15) is 5.11 Å². The molecule has 3 N–H and O–H groups in total. The predicted octanol–water partition coefficient (Wildman–Crippen LogP) is -1.90. The summed E-state index contributed by atoms with van der Waals surface area (Å²) in [6.45, 7) is 1.54. The van der Waals surface area contributed by atoms with Crippen molar-refractivity contribution in [1.29, 1.82) is 0 Å². The minimum absolute atomic E-state index is 0.0667. The van der Waals surface area contributed by atoms with Crippen molar-refractivity contribution in [2.45, 2.75) is 31.1 Å².